The number of hydrogen-bond donors (Lipinski definition) is 1. The second-order valence-electron chi connectivity index (χ2n) is 7.62. The zero-order valence-electron chi connectivity index (χ0n) is 17.4. The maximum Gasteiger partial charge on any atom is 0.0936 e. The summed E-state index contributed by atoms with van der Waals surface area (Å²) < 4.78 is 0. The van der Waals surface area contributed by atoms with Gasteiger partial charge in [-0.05, 0) is 53.8 Å². The molecule has 0 unspecified atom stereocenters. The van der Waals surface area contributed by atoms with Gasteiger partial charge in [-0.25, -0.2) is 0 Å². The van der Waals surface area contributed by atoms with E-state index >= 15 is 0 Å². The molecular formula is C27H27N3. The number of benzene rings is 4. The second kappa shape index (κ2) is 9.36. The standard InChI is InChI=1S/C27H27N3/c1-2-3-4-7-20-10-12-21(13-11-20)22-14-16-23(17-15-22)29-30-27-19-18-26(28)24-8-5-6-9-25(24)27/h5-6,8-19H,2-4,7,28H2,1H3. The molecule has 0 bridgehead atoms. The lowest BCUT2D eigenvalue weighted by molar-refractivity contribution is 0.717. The summed E-state index contributed by atoms with van der Waals surface area (Å²) in [5.41, 5.74) is 12.3. The second-order valence-corrected chi connectivity index (χ2v) is 7.62. The summed E-state index contributed by atoms with van der Waals surface area (Å²) in [6, 6.07) is 28.9. The Bertz CT molecular complexity index is 1140. The Labute approximate surface area is 178 Å². The first-order valence-electron chi connectivity index (χ1n) is 10.6. The fraction of sp³-hybridized carbons (Fsp3) is 0.185. The molecule has 0 aliphatic rings. The van der Waals surface area contributed by atoms with Gasteiger partial charge in [0.15, 0.2) is 0 Å². The van der Waals surface area contributed by atoms with Crippen LogP contribution < -0.4 is 5.73 Å². The van der Waals surface area contributed by atoms with Crippen LogP contribution >= 0.6 is 0 Å². The van der Waals surface area contributed by atoms with Crippen LogP contribution in [0.4, 0.5) is 17.1 Å². The highest BCUT2D eigenvalue weighted by atomic mass is 15.1. The zero-order chi connectivity index (χ0) is 20.8. The molecule has 0 saturated carbocycles. The van der Waals surface area contributed by atoms with Crippen molar-refractivity contribution in [1.82, 2.24) is 0 Å². The molecule has 0 aromatic heterocycles. The van der Waals surface area contributed by atoms with E-state index in [1.165, 1.54) is 36.0 Å². The van der Waals surface area contributed by atoms with E-state index in [4.69, 9.17) is 5.73 Å². The van der Waals surface area contributed by atoms with Crippen LogP contribution in [0.15, 0.2) is 95.2 Å². The van der Waals surface area contributed by atoms with Crippen LogP contribution in [0.3, 0.4) is 0 Å². The van der Waals surface area contributed by atoms with E-state index in [2.05, 4.69) is 53.6 Å². The average Bonchev–Trinajstić information content (AvgIpc) is 2.80. The van der Waals surface area contributed by atoms with Crippen LogP contribution in [-0.2, 0) is 6.42 Å². The molecule has 0 spiro atoms. The molecule has 0 heterocycles. The van der Waals surface area contributed by atoms with Crippen molar-refractivity contribution in [3.8, 4) is 11.1 Å². The van der Waals surface area contributed by atoms with Crippen molar-refractivity contribution in [2.45, 2.75) is 32.6 Å². The minimum atomic E-state index is 0.755. The molecule has 150 valence electrons. The Morgan fingerprint density at radius 1 is 0.667 bits per heavy atom. The number of azo groups is 1. The summed E-state index contributed by atoms with van der Waals surface area (Å²) in [7, 11) is 0. The summed E-state index contributed by atoms with van der Waals surface area (Å²) in [5, 5.41) is 10.9. The van der Waals surface area contributed by atoms with Crippen molar-refractivity contribution in [3.05, 3.63) is 90.5 Å². The van der Waals surface area contributed by atoms with E-state index in [9.17, 15) is 0 Å². The maximum atomic E-state index is 6.07. The minimum Gasteiger partial charge on any atom is -0.398 e. The van der Waals surface area contributed by atoms with E-state index in [0.717, 1.165) is 34.3 Å². The number of nitrogens with two attached hydrogens (primary N) is 1. The molecule has 0 aliphatic heterocycles. The van der Waals surface area contributed by atoms with Crippen LogP contribution in [0.2, 0.25) is 0 Å². The van der Waals surface area contributed by atoms with Crippen molar-refractivity contribution in [1.29, 1.82) is 0 Å². The smallest absolute Gasteiger partial charge is 0.0936 e. The van der Waals surface area contributed by atoms with Gasteiger partial charge in [-0.1, -0.05) is 80.4 Å². The number of unbranched alkanes of at least 4 members (excludes halogenated alkanes) is 2. The van der Waals surface area contributed by atoms with E-state index in [0.29, 0.717) is 0 Å². The van der Waals surface area contributed by atoms with Gasteiger partial charge in [-0.2, -0.15) is 5.11 Å². The predicted molar refractivity (Wildman–Crippen MR) is 128 cm³/mol. The summed E-state index contributed by atoms with van der Waals surface area (Å²) >= 11 is 0. The summed E-state index contributed by atoms with van der Waals surface area (Å²) in [5.74, 6) is 0. The SMILES string of the molecule is CCCCCc1ccc(-c2ccc(N=Nc3ccc(N)c4ccccc34)cc2)cc1. The largest absolute Gasteiger partial charge is 0.398 e. The molecule has 2 N–H and O–H groups in total. The molecule has 0 aliphatic carbocycles. The highest BCUT2D eigenvalue weighted by Gasteiger charge is 2.03. The van der Waals surface area contributed by atoms with Crippen LogP contribution in [0.5, 0.6) is 0 Å². The number of nitrogen functional groups attached to an aromatic ring is 1. The Kier molecular flexibility index (Phi) is 6.19. The lowest BCUT2D eigenvalue weighted by Gasteiger charge is -2.05. The number of nitrogens with zero attached hydrogens (tertiary/aromatic N) is 2. The molecule has 0 radical (unpaired) electrons. The molecule has 0 fully saturated rings. The first kappa shape index (κ1) is 19.8. The predicted octanol–water partition coefficient (Wildman–Crippen LogP) is 8.24. The number of rotatable bonds is 7. The molecule has 4 aromatic carbocycles. The molecule has 3 nitrogen and oxygen atoms in total. The third-order valence-corrected chi connectivity index (χ3v) is 5.43. The molecular weight excluding hydrogens is 366 g/mol. The molecule has 0 atom stereocenters. The van der Waals surface area contributed by atoms with Gasteiger partial charge in [0.25, 0.3) is 0 Å². The maximum absolute atomic E-state index is 6.07. The first-order valence-corrected chi connectivity index (χ1v) is 10.6. The summed E-state index contributed by atoms with van der Waals surface area (Å²) in [4.78, 5) is 0. The Morgan fingerprint density at radius 3 is 2.03 bits per heavy atom. The van der Waals surface area contributed by atoms with Gasteiger partial charge in [-0.3, -0.25) is 0 Å². The Balaban J connectivity index is 1.48. The lowest BCUT2D eigenvalue weighted by Crippen LogP contribution is -1.86. The monoisotopic (exact) mass is 393 g/mol. The lowest BCUT2D eigenvalue weighted by atomic mass is 10.0. The van der Waals surface area contributed by atoms with Gasteiger partial charge in [0.05, 0.1) is 11.4 Å². The van der Waals surface area contributed by atoms with Gasteiger partial charge in [0.1, 0.15) is 0 Å². The van der Waals surface area contributed by atoms with Crippen LogP contribution in [0.1, 0.15) is 31.7 Å². The summed E-state index contributed by atoms with van der Waals surface area (Å²) in [6.07, 6.45) is 4.98. The fourth-order valence-electron chi connectivity index (χ4n) is 3.67. The normalized spacial score (nSPS) is 11.4. The topological polar surface area (TPSA) is 50.7 Å². The van der Waals surface area contributed by atoms with Crippen LogP contribution in [-0.4, -0.2) is 0 Å². The van der Waals surface area contributed by atoms with Gasteiger partial charge < -0.3 is 5.73 Å². The number of aryl methyl sites for hydroxylation is 1. The van der Waals surface area contributed by atoms with E-state index < -0.39 is 0 Å². The fourth-order valence-corrected chi connectivity index (χ4v) is 3.67. The Morgan fingerprint density at radius 2 is 1.33 bits per heavy atom. The Hall–Kier alpha value is -3.46. The van der Waals surface area contributed by atoms with E-state index in [1.807, 2.05) is 48.5 Å². The van der Waals surface area contributed by atoms with Crippen molar-refractivity contribution >= 4 is 27.8 Å². The number of fused-ring (bicyclic) bond motifs is 1. The van der Waals surface area contributed by atoms with Crippen molar-refractivity contribution in [2.75, 3.05) is 5.73 Å². The van der Waals surface area contributed by atoms with Gasteiger partial charge in [-0.15, -0.1) is 5.11 Å². The van der Waals surface area contributed by atoms with Gasteiger partial charge >= 0.3 is 0 Å². The molecule has 0 saturated heterocycles. The van der Waals surface area contributed by atoms with E-state index in [-0.39, 0.29) is 0 Å². The number of anilines is 1. The highest BCUT2D eigenvalue weighted by molar-refractivity contribution is 5.99. The van der Waals surface area contributed by atoms with Gasteiger partial charge in [0, 0.05) is 16.5 Å². The third-order valence-electron chi connectivity index (χ3n) is 5.43. The molecule has 0 amide bonds. The molecule has 4 rings (SSSR count). The average molecular weight is 394 g/mol. The summed E-state index contributed by atoms with van der Waals surface area (Å²) in [6.45, 7) is 2.24. The minimum absolute atomic E-state index is 0.755. The van der Waals surface area contributed by atoms with E-state index in [1.54, 1.807) is 0 Å². The van der Waals surface area contributed by atoms with Gasteiger partial charge in [0.2, 0.25) is 0 Å². The highest BCUT2D eigenvalue weighted by Crippen LogP contribution is 2.31. The third kappa shape index (κ3) is 4.57. The van der Waals surface area contributed by atoms with Crippen LogP contribution in [0, 0.1) is 0 Å². The molecule has 4 aromatic rings. The van der Waals surface area contributed by atoms with Crippen molar-refractivity contribution < 1.29 is 0 Å². The molecule has 30 heavy (non-hydrogen) atoms. The van der Waals surface area contributed by atoms with Crippen molar-refractivity contribution in [2.24, 2.45) is 10.2 Å². The molecule has 3 heteroatoms. The van der Waals surface area contributed by atoms with Crippen LogP contribution in [0.25, 0.3) is 21.9 Å². The number of hydrogen-bond acceptors (Lipinski definition) is 3. The first-order chi connectivity index (χ1) is 14.7. The quantitative estimate of drug-likeness (QED) is 0.192. The van der Waals surface area contributed by atoms with Crippen molar-refractivity contribution in [3.63, 3.8) is 0 Å². The zero-order valence-corrected chi connectivity index (χ0v) is 17.4.